The number of rotatable bonds is 6. The van der Waals surface area contributed by atoms with Crippen molar-refractivity contribution >= 4 is 58.2 Å². The number of benzene rings is 2. The van der Waals surface area contributed by atoms with Crippen molar-refractivity contribution in [2.24, 2.45) is 0 Å². The Bertz CT molecular complexity index is 921. The highest BCUT2D eigenvalue weighted by Gasteiger charge is 2.43. The summed E-state index contributed by atoms with van der Waals surface area (Å²) in [5.41, 5.74) is 0.705. The van der Waals surface area contributed by atoms with Crippen molar-refractivity contribution in [3.63, 3.8) is 0 Å². The Kier molecular flexibility index (Phi) is 6.28. The molecule has 0 bridgehead atoms. The number of imide groups is 1. The standard InChI is InChI=1S/C20H17Cl3N2O3/c1-2-3-8-17(18(26)24-16-7-5-4-6-13(16)21)25-19(27)11-9-14(22)15(23)10-12(11)20(25)28/h4-7,9-10,17H,2-3,8H2,1H3,(H,24,26)/t17-/m1/s1. The van der Waals surface area contributed by atoms with Gasteiger partial charge in [-0.2, -0.15) is 0 Å². The zero-order valence-corrected chi connectivity index (χ0v) is 17.2. The second kappa shape index (κ2) is 8.52. The molecule has 0 saturated carbocycles. The van der Waals surface area contributed by atoms with Crippen LogP contribution < -0.4 is 5.32 Å². The van der Waals surface area contributed by atoms with Crippen LogP contribution in [0.4, 0.5) is 5.69 Å². The predicted molar refractivity (Wildman–Crippen MR) is 110 cm³/mol. The number of hydrogen-bond donors (Lipinski definition) is 1. The summed E-state index contributed by atoms with van der Waals surface area (Å²) >= 11 is 18.1. The van der Waals surface area contributed by atoms with E-state index in [2.05, 4.69) is 5.32 Å². The molecule has 1 N–H and O–H groups in total. The third-order valence-corrected chi connectivity index (χ3v) is 5.59. The molecule has 0 spiro atoms. The number of hydrogen-bond acceptors (Lipinski definition) is 3. The van der Waals surface area contributed by atoms with E-state index < -0.39 is 23.8 Å². The molecule has 2 aromatic rings. The Morgan fingerprint density at radius 3 is 2.11 bits per heavy atom. The van der Waals surface area contributed by atoms with Gasteiger partial charge in [0.25, 0.3) is 11.8 Å². The number of unbranched alkanes of at least 4 members (excludes halogenated alkanes) is 1. The molecule has 0 aliphatic carbocycles. The van der Waals surface area contributed by atoms with Gasteiger partial charge < -0.3 is 5.32 Å². The summed E-state index contributed by atoms with van der Waals surface area (Å²) in [7, 11) is 0. The van der Waals surface area contributed by atoms with Crippen molar-refractivity contribution in [1.29, 1.82) is 0 Å². The molecular weight excluding hydrogens is 423 g/mol. The number of para-hydroxylation sites is 1. The van der Waals surface area contributed by atoms with Gasteiger partial charge in [0.1, 0.15) is 6.04 Å². The molecule has 1 heterocycles. The van der Waals surface area contributed by atoms with E-state index in [0.29, 0.717) is 23.6 Å². The van der Waals surface area contributed by atoms with E-state index in [0.717, 1.165) is 11.3 Å². The van der Waals surface area contributed by atoms with Crippen LogP contribution in [0.5, 0.6) is 0 Å². The number of carbonyl (C=O) groups excluding carboxylic acids is 3. The molecule has 0 saturated heterocycles. The SMILES string of the molecule is CCCC[C@H](C(=O)Nc1ccccc1Cl)N1C(=O)c2cc(Cl)c(Cl)cc2C1=O. The lowest BCUT2D eigenvalue weighted by atomic mass is 10.1. The van der Waals surface area contributed by atoms with E-state index in [9.17, 15) is 14.4 Å². The summed E-state index contributed by atoms with van der Waals surface area (Å²) in [6, 6.07) is 8.52. The second-order valence-corrected chi connectivity index (χ2v) is 7.64. The van der Waals surface area contributed by atoms with Gasteiger partial charge in [0, 0.05) is 0 Å². The Balaban J connectivity index is 1.93. The average molecular weight is 440 g/mol. The topological polar surface area (TPSA) is 66.5 Å². The van der Waals surface area contributed by atoms with Crippen molar-refractivity contribution in [3.05, 3.63) is 62.6 Å². The fourth-order valence-electron chi connectivity index (χ4n) is 3.09. The molecule has 8 heteroatoms. The molecule has 2 aromatic carbocycles. The first-order valence-electron chi connectivity index (χ1n) is 8.77. The molecule has 3 rings (SSSR count). The maximum absolute atomic E-state index is 13.0. The summed E-state index contributed by atoms with van der Waals surface area (Å²) in [6.45, 7) is 1.96. The lowest BCUT2D eigenvalue weighted by Crippen LogP contribution is -2.47. The summed E-state index contributed by atoms with van der Waals surface area (Å²) in [6.07, 6.45) is 1.80. The molecular formula is C20H17Cl3N2O3. The Morgan fingerprint density at radius 2 is 1.57 bits per heavy atom. The van der Waals surface area contributed by atoms with Gasteiger partial charge >= 0.3 is 0 Å². The van der Waals surface area contributed by atoms with Gasteiger partial charge in [0.2, 0.25) is 5.91 Å². The van der Waals surface area contributed by atoms with Crippen LogP contribution in [0.15, 0.2) is 36.4 Å². The first kappa shape index (κ1) is 20.6. The minimum Gasteiger partial charge on any atom is -0.323 e. The summed E-state index contributed by atoms with van der Waals surface area (Å²) in [5, 5.41) is 3.43. The van der Waals surface area contributed by atoms with Gasteiger partial charge in [0.15, 0.2) is 0 Å². The van der Waals surface area contributed by atoms with Crippen LogP contribution in [0.2, 0.25) is 15.1 Å². The second-order valence-electron chi connectivity index (χ2n) is 6.42. The Labute approximate surface area is 177 Å². The summed E-state index contributed by atoms with van der Waals surface area (Å²) in [5.74, 6) is -1.60. The van der Waals surface area contributed by atoms with Gasteiger partial charge in [-0.3, -0.25) is 19.3 Å². The molecule has 0 fully saturated rings. The minimum absolute atomic E-state index is 0.145. The molecule has 146 valence electrons. The zero-order chi connectivity index (χ0) is 20.4. The summed E-state index contributed by atoms with van der Waals surface area (Å²) < 4.78 is 0. The van der Waals surface area contributed by atoms with Crippen LogP contribution in [-0.4, -0.2) is 28.7 Å². The Hall–Kier alpha value is -2.08. The molecule has 28 heavy (non-hydrogen) atoms. The van der Waals surface area contributed by atoms with E-state index in [1.807, 2.05) is 6.92 Å². The quantitative estimate of drug-likeness (QED) is 0.609. The lowest BCUT2D eigenvalue weighted by molar-refractivity contribution is -0.120. The Morgan fingerprint density at radius 1 is 1.00 bits per heavy atom. The van der Waals surface area contributed by atoms with Gasteiger partial charge in [-0.15, -0.1) is 0 Å². The van der Waals surface area contributed by atoms with Crippen molar-refractivity contribution in [2.45, 2.75) is 32.2 Å². The van der Waals surface area contributed by atoms with Crippen LogP contribution in [0.3, 0.4) is 0 Å². The van der Waals surface area contributed by atoms with E-state index in [4.69, 9.17) is 34.8 Å². The van der Waals surface area contributed by atoms with Crippen molar-refractivity contribution < 1.29 is 14.4 Å². The van der Waals surface area contributed by atoms with Gasteiger partial charge in [-0.25, -0.2) is 0 Å². The molecule has 1 aliphatic rings. The molecule has 1 atom stereocenters. The van der Waals surface area contributed by atoms with Crippen LogP contribution in [0.1, 0.15) is 46.9 Å². The van der Waals surface area contributed by atoms with Gasteiger partial charge in [-0.1, -0.05) is 66.7 Å². The highest BCUT2D eigenvalue weighted by atomic mass is 35.5. The first-order valence-corrected chi connectivity index (χ1v) is 9.90. The predicted octanol–water partition coefficient (Wildman–Crippen LogP) is 5.44. The average Bonchev–Trinajstić information content (AvgIpc) is 2.89. The number of carbonyl (C=O) groups is 3. The monoisotopic (exact) mass is 438 g/mol. The number of anilines is 1. The molecule has 0 aromatic heterocycles. The maximum Gasteiger partial charge on any atom is 0.262 e. The third kappa shape index (κ3) is 3.88. The highest BCUT2D eigenvalue weighted by molar-refractivity contribution is 6.43. The molecule has 0 radical (unpaired) electrons. The largest absolute Gasteiger partial charge is 0.323 e. The van der Waals surface area contributed by atoms with Crippen molar-refractivity contribution in [2.75, 3.05) is 5.32 Å². The molecule has 1 aliphatic heterocycles. The van der Waals surface area contributed by atoms with Crippen LogP contribution in [0, 0.1) is 0 Å². The van der Waals surface area contributed by atoms with Gasteiger partial charge in [0.05, 0.1) is 31.9 Å². The van der Waals surface area contributed by atoms with Crippen molar-refractivity contribution in [3.8, 4) is 0 Å². The van der Waals surface area contributed by atoms with E-state index in [1.54, 1.807) is 24.3 Å². The van der Waals surface area contributed by atoms with Crippen molar-refractivity contribution in [1.82, 2.24) is 4.90 Å². The first-order chi connectivity index (χ1) is 13.3. The third-order valence-electron chi connectivity index (χ3n) is 4.54. The molecule has 5 nitrogen and oxygen atoms in total. The smallest absolute Gasteiger partial charge is 0.262 e. The number of nitrogens with one attached hydrogen (secondary N) is 1. The molecule has 3 amide bonds. The van der Waals surface area contributed by atoms with Gasteiger partial charge in [-0.05, 0) is 30.7 Å². The summed E-state index contributed by atoms with van der Waals surface area (Å²) in [4.78, 5) is 39.7. The fourth-order valence-corrected chi connectivity index (χ4v) is 3.60. The molecule has 0 unspecified atom stereocenters. The normalized spacial score (nSPS) is 14.2. The minimum atomic E-state index is -0.971. The number of halogens is 3. The lowest BCUT2D eigenvalue weighted by Gasteiger charge is -2.25. The van der Waals surface area contributed by atoms with Crippen LogP contribution in [0.25, 0.3) is 0 Å². The van der Waals surface area contributed by atoms with Crippen LogP contribution >= 0.6 is 34.8 Å². The van der Waals surface area contributed by atoms with Crippen LogP contribution in [-0.2, 0) is 4.79 Å². The van der Waals surface area contributed by atoms with E-state index in [1.165, 1.54) is 12.1 Å². The fraction of sp³-hybridized carbons (Fsp3) is 0.250. The number of fused-ring (bicyclic) bond motifs is 1. The highest BCUT2D eigenvalue weighted by Crippen LogP contribution is 2.33. The zero-order valence-electron chi connectivity index (χ0n) is 15.0. The number of nitrogens with zero attached hydrogens (tertiary/aromatic N) is 1. The van der Waals surface area contributed by atoms with E-state index in [-0.39, 0.29) is 21.2 Å². The van der Waals surface area contributed by atoms with E-state index >= 15 is 0 Å². The maximum atomic E-state index is 13.0. The number of amides is 3.